The maximum Gasteiger partial charge on any atom is 0.0980 e. The summed E-state index contributed by atoms with van der Waals surface area (Å²) in [6.45, 7) is 2.19. The van der Waals surface area contributed by atoms with Gasteiger partial charge in [0.15, 0.2) is 0 Å². The molecule has 1 rings (SSSR count). The molecule has 0 aromatic heterocycles. The first-order valence-electron chi connectivity index (χ1n) is 3.10. The van der Waals surface area contributed by atoms with Gasteiger partial charge in [-0.2, -0.15) is 0 Å². The third-order valence-corrected chi connectivity index (χ3v) is 1.29. The van der Waals surface area contributed by atoms with Gasteiger partial charge < -0.3 is 15.8 Å². The van der Waals surface area contributed by atoms with E-state index in [2.05, 4.69) is 17.5 Å². The molecule has 0 radical (unpaired) electrons. The van der Waals surface area contributed by atoms with E-state index >= 15 is 0 Å². The zero-order chi connectivity index (χ0) is 7.40. The van der Waals surface area contributed by atoms with Crippen LogP contribution in [0, 0.1) is 0 Å². The summed E-state index contributed by atoms with van der Waals surface area (Å²) < 4.78 is 5.14. The highest BCUT2D eigenvalue weighted by Gasteiger charge is 2.02. The summed E-state index contributed by atoms with van der Waals surface area (Å²) in [6.07, 6.45) is 1.72. The van der Waals surface area contributed by atoms with Gasteiger partial charge in [0.1, 0.15) is 0 Å². The zero-order valence-corrected chi connectivity index (χ0v) is 6.41. The van der Waals surface area contributed by atoms with Crippen LogP contribution in [-0.4, -0.2) is 24.7 Å². The monoisotopic (exact) mass is 158 g/mol. The van der Waals surface area contributed by atoms with Crippen LogP contribution in [0.15, 0.2) is 11.8 Å². The normalized spacial score (nSPS) is 22.2. The largest absolute Gasteiger partial charge is 0.390 e. The van der Waals surface area contributed by atoms with E-state index in [4.69, 9.17) is 10.5 Å². The molecule has 0 aliphatic carbocycles. The molecule has 3 N–H and O–H groups in total. The number of hydrogen-bond acceptors (Lipinski definition) is 3. The molecular weight excluding hydrogens is 148 g/mol. The molecule has 56 valence electrons. The van der Waals surface area contributed by atoms with Crippen molar-refractivity contribution in [3.8, 4) is 0 Å². The highest BCUT2D eigenvalue weighted by atomic mass is 32.1. The number of nitrogens with two attached hydrogens (primary N) is 1. The number of hydrogen-bond donors (Lipinski definition) is 2. The van der Waals surface area contributed by atoms with Gasteiger partial charge in [-0.3, -0.25) is 0 Å². The van der Waals surface area contributed by atoms with Crippen molar-refractivity contribution in [2.75, 3.05) is 19.8 Å². The zero-order valence-electron chi connectivity index (χ0n) is 5.59. The molecular formula is C6H10N2OS. The standard InChI is InChI=1S/C6H10N2OS/c7-6(10)3-5-4-9-2-1-8-5/h3,8H,1-2,4H2,(H2,7,10)/b5-3-. The number of ether oxygens (including phenoxy) is 1. The maximum absolute atomic E-state index is 5.28. The fraction of sp³-hybridized carbons (Fsp3) is 0.500. The van der Waals surface area contributed by atoms with Crippen LogP contribution in [-0.2, 0) is 4.74 Å². The van der Waals surface area contributed by atoms with Crippen LogP contribution in [0.1, 0.15) is 0 Å². The summed E-state index contributed by atoms with van der Waals surface area (Å²) in [5.74, 6) is 0. The quantitative estimate of drug-likeness (QED) is 0.409. The van der Waals surface area contributed by atoms with Crippen LogP contribution < -0.4 is 11.1 Å². The number of thiocarbonyl (C=S) groups is 1. The summed E-state index contributed by atoms with van der Waals surface area (Å²) in [4.78, 5) is 0.396. The predicted octanol–water partition coefficient (Wildman–Crippen LogP) is -0.224. The third kappa shape index (κ3) is 2.33. The topological polar surface area (TPSA) is 47.3 Å². The van der Waals surface area contributed by atoms with Gasteiger partial charge in [-0.1, -0.05) is 12.2 Å². The van der Waals surface area contributed by atoms with Crippen molar-refractivity contribution < 1.29 is 4.74 Å². The number of rotatable bonds is 1. The van der Waals surface area contributed by atoms with Gasteiger partial charge >= 0.3 is 0 Å². The van der Waals surface area contributed by atoms with Crippen molar-refractivity contribution in [2.24, 2.45) is 5.73 Å². The van der Waals surface area contributed by atoms with E-state index in [9.17, 15) is 0 Å². The molecule has 0 atom stereocenters. The molecule has 3 nitrogen and oxygen atoms in total. The lowest BCUT2D eigenvalue weighted by Gasteiger charge is -2.16. The van der Waals surface area contributed by atoms with Crippen LogP contribution in [0.5, 0.6) is 0 Å². The van der Waals surface area contributed by atoms with E-state index in [1.165, 1.54) is 0 Å². The van der Waals surface area contributed by atoms with Crippen molar-refractivity contribution in [1.82, 2.24) is 5.32 Å². The minimum absolute atomic E-state index is 0.396. The molecule has 4 heteroatoms. The van der Waals surface area contributed by atoms with Gasteiger partial charge in [0.25, 0.3) is 0 Å². The van der Waals surface area contributed by atoms with E-state index in [0.29, 0.717) is 11.6 Å². The smallest absolute Gasteiger partial charge is 0.0980 e. The Hall–Kier alpha value is -0.610. The van der Waals surface area contributed by atoms with Gasteiger partial charge in [-0.25, -0.2) is 0 Å². The second kappa shape index (κ2) is 3.53. The van der Waals surface area contributed by atoms with Gasteiger partial charge in [-0.15, -0.1) is 0 Å². The fourth-order valence-corrected chi connectivity index (χ4v) is 0.924. The summed E-state index contributed by atoms with van der Waals surface area (Å²) in [5, 5.41) is 3.12. The van der Waals surface area contributed by atoms with E-state index in [1.54, 1.807) is 6.08 Å². The second-order valence-corrected chi connectivity index (χ2v) is 2.52. The Balaban J connectivity index is 2.45. The molecule has 0 amide bonds. The molecule has 0 unspecified atom stereocenters. The molecule has 0 bridgehead atoms. The summed E-state index contributed by atoms with van der Waals surface area (Å²) in [5.41, 5.74) is 6.25. The van der Waals surface area contributed by atoms with Crippen molar-refractivity contribution in [3.63, 3.8) is 0 Å². The first-order chi connectivity index (χ1) is 4.79. The lowest BCUT2D eigenvalue weighted by molar-refractivity contribution is 0.132. The highest BCUT2D eigenvalue weighted by Crippen LogP contribution is 1.95. The average molecular weight is 158 g/mol. The molecule has 1 saturated heterocycles. The van der Waals surface area contributed by atoms with Gasteiger partial charge in [-0.05, 0) is 6.08 Å². The van der Waals surface area contributed by atoms with Gasteiger partial charge in [0.2, 0.25) is 0 Å². The first kappa shape index (κ1) is 7.50. The van der Waals surface area contributed by atoms with Crippen molar-refractivity contribution >= 4 is 17.2 Å². The lowest BCUT2D eigenvalue weighted by atomic mass is 10.3. The molecule has 0 spiro atoms. The summed E-state index contributed by atoms with van der Waals surface area (Å²) >= 11 is 4.68. The second-order valence-electron chi connectivity index (χ2n) is 2.05. The number of morpholine rings is 1. The number of nitrogens with one attached hydrogen (secondary N) is 1. The van der Waals surface area contributed by atoms with E-state index in [1.807, 2.05) is 0 Å². The summed E-state index contributed by atoms with van der Waals surface area (Å²) in [7, 11) is 0. The lowest BCUT2D eigenvalue weighted by Crippen LogP contribution is -2.29. The summed E-state index contributed by atoms with van der Waals surface area (Å²) in [6, 6.07) is 0. The van der Waals surface area contributed by atoms with Crippen molar-refractivity contribution in [3.05, 3.63) is 11.8 Å². The van der Waals surface area contributed by atoms with E-state index in [0.717, 1.165) is 18.8 Å². The van der Waals surface area contributed by atoms with Crippen LogP contribution in [0.25, 0.3) is 0 Å². The molecule has 1 aliphatic rings. The third-order valence-electron chi connectivity index (χ3n) is 1.17. The predicted molar refractivity (Wildman–Crippen MR) is 43.7 cm³/mol. The minimum atomic E-state index is 0.396. The van der Waals surface area contributed by atoms with Crippen LogP contribution in [0.2, 0.25) is 0 Å². The Labute approximate surface area is 65.2 Å². The Morgan fingerprint density at radius 1 is 1.80 bits per heavy atom. The van der Waals surface area contributed by atoms with Crippen molar-refractivity contribution in [2.45, 2.75) is 0 Å². The van der Waals surface area contributed by atoms with Crippen molar-refractivity contribution in [1.29, 1.82) is 0 Å². The Bertz CT molecular complexity index is 159. The van der Waals surface area contributed by atoms with E-state index in [-0.39, 0.29) is 0 Å². The molecule has 0 saturated carbocycles. The fourth-order valence-electron chi connectivity index (χ4n) is 0.781. The van der Waals surface area contributed by atoms with Crippen LogP contribution >= 0.6 is 12.2 Å². The van der Waals surface area contributed by atoms with Crippen LogP contribution in [0.4, 0.5) is 0 Å². The van der Waals surface area contributed by atoms with Gasteiger partial charge in [0.05, 0.1) is 18.2 Å². The van der Waals surface area contributed by atoms with Gasteiger partial charge in [0, 0.05) is 12.2 Å². The molecule has 1 aliphatic heterocycles. The van der Waals surface area contributed by atoms with E-state index < -0.39 is 0 Å². The SMILES string of the molecule is NC(=S)/C=C1/COCCN1. The molecule has 0 aromatic rings. The highest BCUT2D eigenvalue weighted by molar-refractivity contribution is 7.80. The first-order valence-corrected chi connectivity index (χ1v) is 3.51. The van der Waals surface area contributed by atoms with Crippen LogP contribution in [0.3, 0.4) is 0 Å². The Morgan fingerprint density at radius 2 is 2.60 bits per heavy atom. The molecule has 0 aromatic carbocycles. The average Bonchev–Trinajstić information content (AvgIpc) is 1.88. The molecule has 1 fully saturated rings. The Morgan fingerprint density at radius 3 is 3.10 bits per heavy atom. The maximum atomic E-state index is 5.28. The Kier molecular flexibility index (Phi) is 2.65. The molecule has 1 heterocycles. The molecule has 10 heavy (non-hydrogen) atoms. The minimum Gasteiger partial charge on any atom is -0.390 e.